The van der Waals surface area contributed by atoms with E-state index in [2.05, 4.69) is 20.3 Å². The Morgan fingerprint density at radius 3 is 2.82 bits per heavy atom. The van der Waals surface area contributed by atoms with E-state index in [-0.39, 0.29) is 23.1 Å². The Hall–Kier alpha value is -2.88. The highest BCUT2D eigenvalue weighted by atomic mass is 32.2. The van der Waals surface area contributed by atoms with Crippen LogP contribution in [0.2, 0.25) is 0 Å². The van der Waals surface area contributed by atoms with Gasteiger partial charge in [0, 0.05) is 29.8 Å². The van der Waals surface area contributed by atoms with Crippen molar-refractivity contribution in [2.45, 2.75) is 75.2 Å². The average Bonchev–Trinajstić information content (AvgIpc) is 3.14. The molecule has 1 unspecified atom stereocenters. The molecular weight excluding hydrogens is 438 g/mol. The van der Waals surface area contributed by atoms with Gasteiger partial charge < -0.3 is 15.8 Å². The van der Waals surface area contributed by atoms with E-state index in [0.717, 1.165) is 51.5 Å². The minimum absolute atomic E-state index is 0.0539. The maximum absolute atomic E-state index is 13.1. The van der Waals surface area contributed by atoms with Gasteiger partial charge in [-0.2, -0.15) is 10.1 Å². The minimum atomic E-state index is -0.278. The predicted molar refractivity (Wildman–Crippen MR) is 127 cm³/mol. The van der Waals surface area contributed by atoms with Crippen LogP contribution in [0.25, 0.3) is 11.0 Å². The summed E-state index contributed by atoms with van der Waals surface area (Å²) in [5.41, 5.74) is 10.4. The van der Waals surface area contributed by atoms with Gasteiger partial charge in [0.25, 0.3) is 0 Å². The molecule has 1 amide bonds. The molecule has 2 aliphatic rings. The van der Waals surface area contributed by atoms with Crippen LogP contribution in [0.1, 0.15) is 54.6 Å². The fraction of sp³-hybridized carbons (Fsp3) is 0.522. The van der Waals surface area contributed by atoms with Crippen molar-refractivity contribution in [3.8, 4) is 5.75 Å². The number of nitrogens with zero attached hydrogens (tertiary/aromatic N) is 5. The first-order chi connectivity index (χ1) is 15.9. The lowest BCUT2D eigenvalue weighted by atomic mass is 9.95. The number of anilines is 1. The van der Waals surface area contributed by atoms with Gasteiger partial charge in [0.15, 0.2) is 5.65 Å². The number of carbonyl (C=O) groups excluding carboxylic acids is 1. The van der Waals surface area contributed by atoms with Crippen LogP contribution in [0.15, 0.2) is 11.2 Å². The summed E-state index contributed by atoms with van der Waals surface area (Å²) in [5, 5.41) is 9.41. The Kier molecular flexibility index (Phi) is 5.86. The molecule has 5 rings (SSSR count). The van der Waals surface area contributed by atoms with E-state index >= 15 is 0 Å². The third-order valence-corrected chi connectivity index (χ3v) is 7.76. The number of thioether (sulfide) groups is 1. The predicted octanol–water partition coefficient (Wildman–Crippen LogP) is 2.94. The van der Waals surface area contributed by atoms with Crippen molar-refractivity contribution in [3.05, 3.63) is 28.7 Å². The molecule has 0 bridgehead atoms. The number of hydrogen-bond acceptors (Lipinski definition) is 8. The van der Waals surface area contributed by atoms with E-state index in [0.29, 0.717) is 18.6 Å². The third-order valence-electron chi connectivity index (χ3n) is 6.57. The van der Waals surface area contributed by atoms with Gasteiger partial charge in [-0.15, -0.1) is 0 Å². The molecule has 0 spiro atoms. The first-order valence-electron chi connectivity index (χ1n) is 11.4. The number of methoxy groups -OCH3 is 1. The summed E-state index contributed by atoms with van der Waals surface area (Å²) in [7, 11) is 1.67. The van der Waals surface area contributed by atoms with Crippen LogP contribution in [0, 0.1) is 13.8 Å². The summed E-state index contributed by atoms with van der Waals surface area (Å²) < 4.78 is 7.37. The van der Waals surface area contributed by atoms with E-state index < -0.39 is 0 Å². The number of amides is 1. The molecule has 9 nitrogen and oxygen atoms in total. The lowest BCUT2D eigenvalue weighted by molar-refractivity contribution is -0.121. The molecule has 4 heterocycles. The molecule has 1 atom stereocenters. The van der Waals surface area contributed by atoms with Crippen LogP contribution in [-0.4, -0.2) is 49.0 Å². The molecule has 33 heavy (non-hydrogen) atoms. The Morgan fingerprint density at radius 2 is 2.06 bits per heavy atom. The molecule has 10 heteroatoms. The maximum Gasteiger partial charge on any atom is 0.234 e. The number of nitrogens with one attached hydrogen (secondary N) is 1. The van der Waals surface area contributed by atoms with Gasteiger partial charge in [-0.05, 0) is 26.7 Å². The minimum Gasteiger partial charge on any atom is -0.496 e. The van der Waals surface area contributed by atoms with Crippen molar-refractivity contribution in [1.29, 1.82) is 0 Å². The van der Waals surface area contributed by atoms with Gasteiger partial charge in [0.2, 0.25) is 11.9 Å². The van der Waals surface area contributed by atoms with E-state index in [9.17, 15) is 4.79 Å². The van der Waals surface area contributed by atoms with Gasteiger partial charge in [-0.3, -0.25) is 9.78 Å². The molecule has 1 fully saturated rings. The van der Waals surface area contributed by atoms with Crippen molar-refractivity contribution < 1.29 is 9.53 Å². The van der Waals surface area contributed by atoms with Crippen LogP contribution in [0.4, 0.5) is 5.95 Å². The summed E-state index contributed by atoms with van der Waals surface area (Å²) in [6.45, 7) is 4.40. The number of carbonyl (C=O) groups is 1. The average molecular weight is 468 g/mol. The Labute approximate surface area is 196 Å². The molecule has 0 radical (unpaired) electrons. The van der Waals surface area contributed by atoms with Crippen molar-refractivity contribution >= 4 is 34.7 Å². The number of hydrogen-bond donors (Lipinski definition) is 2. The van der Waals surface area contributed by atoms with Gasteiger partial charge in [0.05, 0.1) is 35.7 Å². The van der Waals surface area contributed by atoms with E-state index in [1.807, 2.05) is 24.7 Å². The molecule has 3 aromatic rings. The number of nitrogens with two attached hydrogens (primary N) is 1. The second-order valence-corrected chi connectivity index (χ2v) is 10.1. The SMILES string of the molecule is COc1c(C)cnc(Cn2nc3c4c(nc(N)nc42)SC(C(=O)NC2CCCCC2)C3)c1C. The third kappa shape index (κ3) is 4.12. The summed E-state index contributed by atoms with van der Waals surface area (Å²) in [6.07, 6.45) is 8.07. The van der Waals surface area contributed by atoms with Crippen LogP contribution in [0.5, 0.6) is 5.75 Å². The highest BCUT2D eigenvalue weighted by molar-refractivity contribution is 8.00. The molecule has 3 aromatic heterocycles. The number of rotatable bonds is 5. The Morgan fingerprint density at radius 1 is 1.27 bits per heavy atom. The second kappa shape index (κ2) is 8.81. The molecule has 1 aliphatic carbocycles. The van der Waals surface area contributed by atoms with E-state index in [4.69, 9.17) is 15.6 Å². The summed E-state index contributed by atoms with van der Waals surface area (Å²) in [4.78, 5) is 26.6. The van der Waals surface area contributed by atoms with Gasteiger partial charge in [0.1, 0.15) is 10.8 Å². The first-order valence-corrected chi connectivity index (χ1v) is 12.3. The fourth-order valence-electron chi connectivity index (χ4n) is 4.88. The standard InChI is InChI=1S/C23H29N7O2S/c1-12-10-25-16(13(2)19(12)32-3)11-30-20-18-15(29-30)9-17(33-22(18)28-23(24)27-20)21(31)26-14-7-5-4-6-8-14/h10,14,17H,4-9,11H2,1-3H3,(H,26,31)(H2,24,27,28). The second-order valence-electron chi connectivity index (χ2n) is 8.89. The zero-order valence-corrected chi connectivity index (χ0v) is 20.0. The zero-order chi connectivity index (χ0) is 23.1. The lowest BCUT2D eigenvalue weighted by Gasteiger charge is -2.26. The highest BCUT2D eigenvalue weighted by Crippen LogP contribution is 2.39. The molecule has 1 aliphatic heterocycles. The number of nitrogen functional groups attached to an aromatic ring is 1. The number of aromatic nitrogens is 5. The number of aryl methyl sites for hydroxylation is 1. The Bertz CT molecular complexity index is 1220. The van der Waals surface area contributed by atoms with Crippen molar-refractivity contribution in [1.82, 2.24) is 30.0 Å². The summed E-state index contributed by atoms with van der Waals surface area (Å²) >= 11 is 1.46. The molecule has 174 valence electrons. The zero-order valence-electron chi connectivity index (χ0n) is 19.2. The van der Waals surface area contributed by atoms with Crippen molar-refractivity contribution in [3.63, 3.8) is 0 Å². The van der Waals surface area contributed by atoms with E-state index in [1.54, 1.807) is 7.11 Å². The first kappa shape index (κ1) is 21.9. The fourth-order valence-corrected chi connectivity index (χ4v) is 6.04. The maximum atomic E-state index is 13.1. The number of pyridine rings is 1. The van der Waals surface area contributed by atoms with Crippen LogP contribution in [0.3, 0.4) is 0 Å². The van der Waals surface area contributed by atoms with Gasteiger partial charge >= 0.3 is 0 Å². The topological polar surface area (TPSA) is 121 Å². The highest BCUT2D eigenvalue weighted by Gasteiger charge is 2.33. The largest absolute Gasteiger partial charge is 0.496 e. The van der Waals surface area contributed by atoms with Gasteiger partial charge in [-0.25, -0.2) is 9.67 Å². The van der Waals surface area contributed by atoms with Crippen LogP contribution in [-0.2, 0) is 17.8 Å². The monoisotopic (exact) mass is 467 g/mol. The molecule has 1 saturated carbocycles. The summed E-state index contributed by atoms with van der Waals surface area (Å²) in [6, 6.07) is 0.270. The van der Waals surface area contributed by atoms with Crippen LogP contribution >= 0.6 is 11.8 Å². The Balaban J connectivity index is 1.45. The molecular formula is C23H29N7O2S. The molecule has 0 aromatic carbocycles. The molecule has 3 N–H and O–H groups in total. The van der Waals surface area contributed by atoms with Gasteiger partial charge in [-0.1, -0.05) is 31.0 Å². The normalized spacial score (nSPS) is 18.5. The molecule has 0 saturated heterocycles. The summed E-state index contributed by atoms with van der Waals surface area (Å²) in [5.74, 6) is 1.06. The van der Waals surface area contributed by atoms with Crippen molar-refractivity contribution in [2.75, 3.05) is 12.8 Å². The smallest absolute Gasteiger partial charge is 0.234 e. The number of ether oxygens (including phenoxy) is 1. The van der Waals surface area contributed by atoms with E-state index in [1.165, 1.54) is 31.0 Å². The quantitative estimate of drug-likeness (QED) is 0.550. The van der Waals surface area contributed by atoms with Crippen molar-refractivity contribution in [2.24, 2.45) is 0 Å². The van der Waals surface area contributed by atoms with Crippen LogP contribution < -0.4 is 15.8 Å². The lowest BCUT2D eigenvalue weighted by Crippen LogP contribution is -2.42.